The second-order valence-corrected chi connectivity index (χ2v) is 5.99. The van der Waals surface area contributed by atoms with Crippen LogP contribution in [0.5, 0.6) is 0 Å². The average molecular weight is 281 g/mol. The lowest BCUT2D eigenvalue weighted by atomic mass is 9.84. The van der Waals surface area contributed by atoms with E-state index >= 15 is 0 Å². The summed E-state index contributed by atoms with van der Waals surface area (Å²) in [5.41, 5.74) is -0.595. The maximum atomic E-state index is 12.6. The molecule has 0 atom stereocenters. The molecule has 5 heteroatoms. The van der Waals surface area contributed by atoms with Crippen molar-refractivity contribution in [2.24, 2.45) is 0 Å². The van der Waals surface area contributed by atoms with E-state index in [0.717, 1.165) is 38.6 Å². The predicted molar refractivity (Wildman–Crippen MR) is 78.5 cm³/mol. The summed E-state index contributed by atoms with van der Waals surface area (Å²) >= 11 is 0. The molecule has 1 aliphatic carbocycles. The number of amides is 3. The van der Waals surface area contributed by atoms with E-state index in [1.807, 2.05) is 0 Å². The van der Waals surface area contributed by atoms with Crippen LogP contribution in [0.2, 0.25) is 0 Å². The molecule has 0 bridgehead atoms. The van der Waals surface area contributed by atoms with Gasteiger partial charge in [-0.25, -0.2) is 4.79 Å². The maximum absolute atomic E-state index is 12.6. The molecule has 2 rings (SSSR count). The number of carbonyl (C=O) groups excluding carboxylic acids is 2. The van der Waals surface area contributed by atoms with Crippen molar-refractivity contribution in [3.8, 4) is 0 Å². The van der Waals surface area contributed by atoms with E-state index in [2.05, 4.69) is 17.6 Å². The van der Waals surface area contributed by atoms with Crippen LogP contribution >= 0.6 is 0 Å². The minimum atomic E-state index is -0.595. The number of carbonyl (C=O) groups is 2. The molecule has 2 N–H and O–H groups in total. The van der Waals surface area contributed by atoms with Gasteiger partial charge in [0.1, 0.15) is 5.54 Å². The van der Waals surface area contributed by atoms with Gasteiger partial charge in [0.05, 0.1) is 0 Å². The molecule has 114 valence electrons. The topological polar surface area (TPSA) is 61.4 Å². The molecule has 1 saturated heterocycles. The summed E-state index contributed by atoms with van der Waals surface area (Å²) in [6.45, 7) is 4.19. The van der Waals surface area contributed by atoms with Gasteiger partial charge in [-0.1, -0.05) is 39.0 Å². The van der Waals surface area contributed by atoms with Gasteiger partial charge in [-0.05, 0) is 25.8 Å². The first-order valence-electron chi connectivity index (χ1n) is 8.04. The number of nitrogens with one attached hydrogen (secondary N) is 2. The average Bonchev–Trinajstić information content (AvgIpc) is 2.63. The molecule has 2 fully saturated rings. The molecule has 3 amide bonds. The summed E-state index contributed by atoms with van der Waals surface area (Å²) in [5.74, 6) is 0.00250. The molecule has 0 aromatic rings. The van der Waals surface area contributed by atoms with E-state index in [1.54, 1.807) is 0 Å². The minimum Gasteiger partial charge on any atom is -0.323 e. The SMILES string of the molecule is CCCNCCN1C(=O)NC2(CCCCCCC2)C1=O. The van der Waals surface area contributed by atoms with Crippen LogP contribution in [0.25, 0.3) is 0 Å². The van der Waals surface area contributed by atoms with Crippen molar-refractivity contribution < 1.29 is 9.59 Å². The van der Waals surface area contributed by atoms with Crippen LogP contribution in [0.3, 0.4) is 0 Å². The number of nitrogens with zero attached hydrogens (tertiary/aromatic N) is 1. The summed E-state index contributed by atoms with van der Waals surface area (Å²) < 4.78 is 0. The van der Waals surface area contributed by atoms with E-state index < -0.39 is 5.54 Å². The lowest BCUT2D eigenvalue weighted by Gasteiger charge is -2.28. The number of imide groups is 1. The smallest absolute Gasteiger partial charge is 0.323 e. The van der Waals surface area contributed by atoms with Crippen LogP contribution in [-0.4, -0.2) is 42.0 Å². The van der Waals surface area contributed by atoms with Crippen LogP contribution in [0, 0.1) is 0 Å². The quantitative estimate of drug-likeness (QED) is 0.598. The molecule has 1 spiro atoms. The van der Waals surface area contributed by atoms with E-state index in [-0.39, 0.29) is 11.9 Å². The molecular formula is C15H27N3O2. The molecule has 5 nitrogen and oxygen atoms in total. The molecule has 20 heavy (non-hydrogen) atoms. The molecule has 1 heterocycles. The third-order valence-electron chi connectivity index (χ3n) is 4.39. The summed E-state index contributed by atoms with van der Waals surface area (Å²) in [4.78, 5) is 26.1. The summed E-state index contributed by atoms with van der Waals surface area (Å²) in [6.07, 6.45) is 8.33. The van der Waals surface area contributed by atoms with Crippen molar-refractivity contribution >= 4 is 11.9 Å². The first-order chi connectivity index (χ1) is 9.69. The number of urea groups is 1. The van der Waals surface area contributed by atoms with E-state index in [4.69, 9.17) is 0 Å². The normalized spacial score (nSPS) is 22.8. The van der Waals surface area contributed by atoms with Crippen LogP contribution in [0.15, 0.2) is 0 Å². The third-order valence-corrected chi connectivity index (χ3v) is 4.39. The molecule has 1 saturated carbocycles. The highest BCUT2D eigenvalue weighted by atomic mass is 16.2. The Kier molecular flexibility index (Phi) is 5.40. The Morgan fingerprint density at radius 2 is 1.75 bits per heavy atom. The van der Waals surface area contributed by atoms with E-state index in [0.29, 0.717) is 13.1 Å². The third kappa shape index (κ3) is 3.32. The van der Waals surface area contributed by atoms with Gasteiger partial charge in [0.25, 0.3) is 5.91 Å². The largest absolute Gasteiger partial charge is 0.325 e. The Labute approximate surface area is 121 Å². The van der Waals surface area contributed by atoms with E-state index in [9.17, 15) is 9.59 Å². The van der Waals surface area contributed by atoms with Crippen molar-refractivity contribution in [1.29, 1.82) is 0 Å². The number of hydrogen-bond acceptors (Lipinski definition) is 3. The molecule has 0 aromatic carbocycles. The van der Waals surface area contributed by atoms with Crippen molar-refractivity contribution in [3.05, 3.63) is 0 Å². The highest BCUT2D eigenvalue weighted by molar-refractivity contribution is 6.07. The van der Waals surface area contributed by atoms with Crippen LogP contribution in [0.1, 0.15) is 58.3 Å². The van der Waals surface area contributed by atoms with Crippen LogP contribution in [0.4, 0.5) is 4.79 Å². The number of rotatable bonds is 5. The highest BCUT2D eigenvalue weighted by Crippen LogP contribution is 2.31. The van der Waals surface area contributed by atoms with Gasteiger partial charge in [-0.15, -0.1) is 0 Å². The van der Waals surface area contributed by atoms with Crippen molar-refractivity contribution in [1.82, 2.24) is 15.5 Å². The Bertz CT molecular complexity index is 349. The number of hydrogen-bond donors (Lipinski definition) is 2. The fraction of sp³-hybridized carbons (Fsp3) is 0.867. The van der Waals surface area contributed by atoms with Gasteiger partial charge in [-0.3, -0.25) is 9.69 Å². The molecule has 1 aliphatic heterocycles. The fourth-order valence-electron chi connectivity index (χ4n) is 3.22. The Morgan fingerprint density at radius 1 is 1.10 bits per heavy atom. The first kappa shape index (κ1) is 15.3. The van der Waals surface area contributed by atoms with Gasteiger partial charge in [0.2, 0.25) is 0 Å². The molecule has 2 aliphatic rings. The maximum Gasteiger partial charge on any atom is 0.325 e. The van der Waals surface area contributed by atoms with Crippen LogP contribution in [-0.2, 0) is 4.79 Å². The van der Waals surface area contributed by atoms with Crippen molar-refractivity contribution in [3.63, 3.8) is 0 Å². The zero-order valence-electron chi connectivity index (χ0n) is 12.5. The molecule has 0 aromatic heterocycles. The van der Waals surface area contributed by atoms with E-state index in [1.165, 1.54) is 24.2 Å². The summed E-state index contributed by atoms with van der Waals surface area (Å²) in [7, 11) is 0. The predicted octanol–water partition coefficient (Wildman–Crippen LogP) is 2.02. The second-order valence-electron chi connectivity index (χ2n) is 5.99. The zero-order valence-corrected chi connectivity index (χ0v) is 12.5. The van der Waals surface area contributed by atoms with Gasteiger partial charge < -0.3 is 10.6 Å². The van der Waals surface area contributed by atoms with Gasteiger partial charge in [-0.2, -0.15) is 0 Å². The van der Waals surface area contributed by atoms with Crippen LogP contribution < -0.4 is 10.6 Å². The highest BCUT2D eigenvalue weighted by Gasteiger charge is 2.49. The Morgan fingerprint density at radius 3 is 2.40 bits per heavy atom. The molecule has 0 unspecified atom stereocenters. The standard InChI is InChI=1S/C15H27N3O2/c1-2-10-16-11-12-18-13(19)15(17-14(18)20)8-6-4-3-5-7-9-15/h16H,2-12H2,1H3,(H,17,20). The lowest BCUT2D eigenvalue weighted by molar-refractivity contribution is -0.132. The monoisotopic (exact) mass is 281 g/mol. The zero-order chi connectivity index (χ0) is 14.4. The summed E-state index contributed by atoms with van der Waals surface area (Å²) in [6, 6.07) is -0.200. The first-order valence-corrected chi connectivity index (χ1v) is 8.04. The Hall–Kier alpha value is -1.10. The van der Waals surface area contributed by atoms with Gasteiger partial charge in [0, 0.05) is 13.1 Å². The lowest BCUT2D eigenvalue weighted by Crippen LogP contribution is -2.47. The van der Waals surface area contributed by atoms with Gasteiger partial charge in [0.15, 0.2) is 0 Å². The Balaban J connectivity index is 1.95. The molecular weight excluding hydrogens is 254 g/mol. The minimum absolute atomic E-state index is 0.00250. The fourth-order valence-corrected chi connectivity index (χ4v) is 3.22. The molecule has 0 radical (unpaired) electrons. The van der Waals surface area contributed by atoms with Crippen molar-refractivity contribution in [2.45, 2.75) is 63.8 Å². The van der Waals surface area contributed by atoms with Gasteiger partial charge >= 0.3 is 6.03 Å². The second kappa shape index (κ2) is 7.07. The van der Waals surface area contributed by atoms with Crippen molar-refractivity contribution in [2.75, 3.05) is 19.6 Å². The summed E-state index contributed by atoms with van der Waals surface area (Å²) in [5, 5.41) is 6.23.